The largest absolute Gasteiger partial charge is 0.296 e. The molecule has 0 radical (unpaired) electrons. The lowest BCUT2D eigenvalue weighted by molar-refractivity contribution is 0.245. The van der Waals surface area contributed by atoms with E-state index in [4.69, 9.17) is 9.44 Å². The molecule has 0 bridgehead atoms. The molecule has 0 spiro atoms. The Bertz CT molecular complexity index is 543. The summed E-state index contributed by atoms with van der Waals surface area (Å²) in [5.41, 5.74) is 0.995. The van der Waals surface area contributed by atoms with Gasteiger partial charge in [-0.2, -0.15) is 13.7 Å². The van der Waals surface area contributed by atoms with Crippen molar-refractivity contribution in [3.05, 3.63) is 29.8 Å². The standard InChI is InChI=1S/C15H21NO3S/c1-3-4-5-14(10-11-16)12-19-20(17,18)15-8-6-13(2)7-9-15/h6-9,14H,3-5,10,12H2,1-2H3. The molecule has 20 heavy (non-hydrogen) atoms. The maximum Gasteiger partial charge on any atom is 0.296 e. The predicted octanol–water partition coefficient (Wildman–Crippen LogP) is 3.42. The third-order valence-electron chi connectivity index (χ3n) is 3.11. The number of benzene rings is 1. The first-order valence-corrected chi connectivity index (χ1v) is 8.23. The van der Waals surface area contributed by atoms with Crippen LogP contribution in [0.4, 0.5) is 0 Å². The van der Waals surface area contributed by atoms with Crippen LogP contribution in [0.1, 0.15) is 38.2 Å². The van der Waals surface area contributed by atoms with Gasteiger partial charge in [-0.15, -0.1) is 0 Å². The fourth-order valence-electron chi connectivity index (χ4n) is 1.82. The predicted molar refractivity (Wildman–Crippen MR) is 77.6 cm³/mol. The van der Waals surface area contributed by atoms with Gasteiger partial charge >= 0.3 is 0 Å². The van der Waals surface area contributed by atoms with Crippen molar-refractivity contribution in [2.45, 2.75) is 44.4 Å². The summed E-state index contributed by atoms with van der Waals surface area (Å²) in [5.74, 6) is -0.0276. The zero-order valence-electron chi connectivity index (χ0n) is 12.0. The second-order valence-electron chi connectivity index (χ2n) is 4.92. The summed E-state index contributed by atoms with van der Waals surface area (Å²) in [4.78, 5) is 0.161. The molecule has 0 aliphatic carbocycles. The molecule has 1 atom stereocenters. The van der Waals surface area contributed by atoms with Gasteiger partial charge in [0, 0.05) is 6.42 Å². The van der Waals surface area contributed by atoms with Crippen molar-refractivity contribution in [1.29, 1.82) is 5.26 Å². The van der Waals surface area contributed by atoms with Crippen molar-refractivity contribution in [3.8, 4) is 6.07 Å². The Hall–Kier alpha value is -1.38. The first-order chi connectivity index (χ1) is 9.49. The molecule has 0 aliphatic heterocycles. The molecule has 1 unspecified atom stereocenters. The second-order valence-corrected chi connectivity index (χ2v) is 6.54. The number of unbranched alkanes of at least 4 members (excludes halogenated alkanes) is 1. The quantitative estimate of drug-likeness (QED) is 0.689. The van der Waals surface area contributed by atoms with E-state index in [1.807, 2.05) is 6.92 Å². The molecule has 4 nitrogen and oxygen atoms in total. The van der Waals surface area contributed by atoms with Crippen LogP contribution in [0.25, 0.3) is 0 Å². The van der Waals surface area contributed by atoms with Crippen molar-refractivity contribution >= 4 is 10.1 Å². The number of aryl methyl sites for hydroxylation is 1. The van der Waals surface area contributed by atoms with Gasteiger partial charge in [0.05, 0.1) is 17.6 Å². The van der Waals surface area contributed by atoms with Crippen LogP contribution in [-0.4, -0.2) is 15.0 Å². The van der Waals surface area contributed by atoms with Crippen LogP contribution in [0.15, 0.2) is 29.2 Å². The number of hydrogen-bond donors (Lipinski definition) is 0. The molecule has 0 amide bonds. The van der Waals surface area contributed by atoms with Gasteiger partial charge in [-0.05, 0) is 31.4 Å². The van der Waals surface area contributed by atoms with Crippen molar-refractivity contribution < 1.29 is 12.6 Å². The van der Waals surface area contributed by atoms with Crippen LogP contribution in [0.2, 0.25) is 0 Å². The Balaban J connectivity index is 2.65. The van der Waals surface area contributed by atoms with Gasteiger partial charge in [0.15, 0.2) is 0 Å². The van der Waals surface area contributed by atoms with E-state index in [2.05, 4.69) is 13.0 Å². The first-order valence-electron chi connectivity index (χ1n) is 6.82. The summed E-state index contributed by atoms with van der Waals surface area (Å²) in [6, 6.07) is 8.63. The Kier molecular flexibility index (Phi) is 6.69. The van der Waals surface area contributed by atoms with Crippen molar-refractivity contribution in [1.82, 2.24) is 0 Å². The van der Waals surface area contributed by atoms with E-state index in [1.165, 1.54) is 12.1 Å². The molecule has 0 N–H and O–H groups in total. The van der Waals surface area contributed by atoms with E-state index in [1.54, 1.807) is 12.1 Å². The van der Waals surface area contributed by atoms with E-state index >= 15 is 0 Å². The molecule has 0 heterocycles. The van der Waals surface area contributed by atoms with E-state index in [0.29, 0.717) is 6.42 Å². The smallest absolute Gasteiger partial charge is 0.266 e. The highest BCUT2D eigenvalue weighted by Crippen LogP contribution is 2.18. The zero-order chi connectivity index (χ0) is 15.0. The summed E-state index contributed by atoms with van der Waals surface area (Å²) in [6.07, 6.45) is 3.13. The summed E-state index contributed by atoms with van der Waals surface area (Å²) >= 11 is 0. The zero-order valence-corrected chi connectivity index (χ0v) is 12.8. The highest BCUT2D eigenvalue weighted by Gasteiger charge is 2.18. The van der Waals surface area contributed by atoms with Gasteiger partial charge in [-0.3, -0.25) is 4.18 Å². The summed E-state index contributed by atoms with van der Waals surface area (Å²) in [5, 5.41) is 8.76. The minimum atomic E-state index is -3.72. The lowest BCUT2D eigenvalue weighted by Gasteiger charge is -2.13. The van der Waals surface area contributed by atoms with Crippen LogP contribution in [0.5, 0.6) is 0 Å². The molecule has 1 aromatic rings. The maximum atomic E-state index is 12.0. The summed E-state index contributed by atoms with van der Waals surface area (Å²) in [7, 11) is -3.72. The van der Waals surface area contributed by atoms with Crippen molar-refractivity contribution in [3.63, 3.8) is 0 Å². The fraction of sp³-hybridized carbons (Fsp3) is 0.533. The van der Waals surface area contributed by atoms with Crippen LogP contribution in [0.3, 0.4) is 0 Å². The van der Waals surface area contributed by atoms with E-state index in [-0.39, 0.29) is 17.4 Å². The van der Waals surface area contributed by atoms with Crippen LogP contribution in [0, 0.1) is 24.2 Å². The van der Waals surface area contributed by atoms with Crippen molar-refractivity contribution in [2.24, 2.45) is 5.92 Å². The minimum absolute atomic E-state index is 0.0276. The lowest BCUT2D eigenvalue weighted by Crippen LogP contribution is -2.14. The Labute approximate surface area is 121 Å². The van der Waals surface area contributed by atoms with E-state index in [0.717, 1.165) is 24.8 Å². The Morgan fingerprint density at radius 2 is 1.95 bits per heavy atom. The monoisotopic (exact) mass is 295 g/mol. The molecule has 0 aromatic heterocycles. The second kappa shape index (κ2) is 8.03. The van der Waals surface area contributed by atoms with Crippen LogP contribution in [-0.2, 0) is 14.3 Å². The molecule has 0 fully saturated rings. The number of hydrogen-bond acceptors (Lipinski definition) is 4. The highest BCUT2D eigenvalue weighted by molar-refractivity contribution is 7.86. The molecule has 1 aromatic carbocycles. The summed E-state index contributed by atoms with van der Waals surface area (Å²) < 4.78 is 29.1. The average Bonchev–Trinajstić information content (AvgIpc) is 2.42. The minimum Gasteiger partial charge on any atom is -0.266 e. The lowest BCUT2D eigenvalue weighted by atomic mass is 10.0. The van der Waals surface area contributed by atoms with Crippen LogP contribution >= 0.6 is 0 Å². The molecule has 0 saturated heterocycles. The van der Waals surface area contributed by atoms with Crippen LogP contribution < -0.4 is 0 Å². The van der Waals surface area contributed by atoms with Gasteiger partial charge < -0.3 is 0 Å². The Morgan fingerprint density at radius 3 is 2.50 bits per heavy atom. The molecule has 0 aliphatic rings. The summed E-state index contributed by atoms with van der Waals surface area (Å²) in [6.45, 7) is 4.03. The van der Waals surface area contributed by atoms with Gasteiger partial charge in [0.25, 0.3) is 10.1 Å². The molecule has 5 heteroatoms. The molecule has 1 rings (SSSR count). The fourth-order valence-corrected chi connectivity index (χ4v) is 2.80. The highest BCUT2D eigenvalue weighted by atomic mass is 32.2. The van der Waals surface area contributed by atoms with Gasteiger partial charge in [-0.1, -0.05) is 37.5 Å². The van der Waals surface area contributed by atoms with Gasteiger partial charge in [0.2, 0.25) is 0 Å². The number of nitriles is 1. The molecule has 0 saturated carbocycles. The average molecular weight is 295 g/mol. The van der Waals surface area contributed by atoms with Gasteiger partial charge in [-0.25, -0.2) is 0 Å². The molecular weight excluding hydrogens is 274 g/mol. The number of rotatable bonds is 8. The van der Waals surface area contributed by atoms with Crippen molar-refractivity contribution in [2.75, 3.05) is 6.61 Å². The Morgan fingerprint density at radius 1 is 1.30 bits per heavy atom. The molecule has 110 valence electrons. The van der Waals surface area contributed by atoms with Gasteiger partial charge in [0.1, 0.15) is 0 Å². The topological polar surface area (TPSA) is 67.2 Å². The SMILES string of the molecule is CCCCC(CC#N)COS(=O)(=O)c1ccc(C)cc1. The first kappa shape index (κ1) is 16.7. The maximum absolute atomic E-state index is 12.0. The van der Waals surface area contributed by atoms with E-state index < -0.39 is 10.1 Å². The third-order valence-corrected chi connectivity index (χ3v) is 4.41. The normalized spacial score (nSPS) is 12.8. The third kappa shape index (κ3) is 5.32. The molecular formula is C15H21NO3S. The van der Waals surface area contributed by atoms with E-state index in [9.17, 15) is 8.42 Å². The number of nitrogens with zero attached hydrogens (tertiary/aromatic N) is 1.